The Morgan fingerprint density at radius 1 is 1.13 bits per heavy atom. The molecule has 0 aliphatic carbocycles. The highest BCUT2D eigenvalue weighted by atomic mass is 16.5. The summed E-state index contributed by atoms with van der Waals surface area (Å²) in [5, 5.41) is 13.7. The van der Waals surface area contributed by atoms with Crippen molar-refractivity contribution in [3.63, 3.8) is 0 Å². The summed E-state index contributed by atoms with van der Waals surface area (Å²) in [7, 11) is 4.53. The number of rotatable bonds is 8. The number of ether oxygens (including phenoxy) is 3. The topological polar surface area (TPSA) is 106 Å². The van der Waals surface area contributed by atoms with Crippen LogP contribution in [0.2, 0.25) is 0 Å². The highest BCUT2D eigenvalue weighted by molar-refractivity contribution is 5.75. The van der Waals surface area contributed by atoms with Gasteiger partial charge in [0, 0.05) is 6.54 Å². The van der Waals surface area contributed by atoms with Crippen LogP contribution in [0.25, 0.3) is 0 Å². The first-order chi connectivity index (χ1) is 10.9. The first kappa shape index (κ1) is 18.4. The highest BCUT2D eigenvalue weighted by Gasteiger charge is 2.17. The number of benzene rings is 1. The molecule has 8 heteroatoms. The number of nitrogens with one attached hydrogen (secondary N) is 2. The fourth-order valence-corrected chi connectivity index (χ4v) is 1.97. The molecule has 1 aromatic rings. The third kappa shape index (κ3) is 5.24. The summed E-state index contributed by atoms with van der Waals surface area (Å²) < 4.78 is 15.8. The van der Waals surface area contributed by atoms with Crippen LogP contribution in [0.15, 0.2) is 12.1 Å². The third-order valence-electron chi connectivity index (χ3n) is 3.16. The molecule has 8 nitrogen and oxygen atoms in total. The minimum Gasteiger partial charge on any atom is -0.493 e. The lowest BCUT2D eigenvalue weighted by Crippen LogP contribution is -2.38. The largest absolute Gasteiger partial charge is 0.493 e. The summed E-state index contributed by atoms with van der Waals surface area (Å²) >= 11 is 0. The van der Waals surface area contributed by atoms with Crippen LogP contribution in [-0.4, -0.2) is 45.0 Å². The van der Waals surface area contributed by atoms with Crippen molar-refractivity contribution in [2.45, 2.75) is 19.4 Å². The summed E-state index contributed by atoms with van der Waals surface area (Å²) in [6, 6.07) is 2.69. The Balaban J connectivity index is 2.81. The lowest BCUT2D eigenvalue weighted by molar-refractivity contribution is -0.136. The molecule has 0 saturated carbocycles. The molecular weight excluding hydrogens is 304 g/mol. The third-order valence-corrected chi connectivity index (χ3v) is 3.16. The van der Waals surface area contributed by atoms with E-state index >= 15 is 0 Å². The molecule has 1 rings (SSSR count). The van der Waals surface area contributed by atoms with Crippen LogP contribution in [0.5, 0.6) is 17.2 Å². The zero-order valence-electron chi connectivity index (χ0n) is 13.6. The van der Waals surface area contributed by atoms with Crippen LogP contribution in [0, 0.1) is 0 Å². The van der Waals surface area contributed by atoms with Crippen molar-refractivity contribution >= 4 is 12.0 Å². The lowest BCUT2D eigenvalue weighted by atomic mass is 10.1. The van der Waals surface area contributed by atoms with Crippen LogP contribution in [-0.2, 0) is 4.79 Å². The monoisotopic (exact) mass is 326 g/mol. The van der Waals surface area contributed by atoms with E-state index in [4.69, 9.17) is 19.3 Å². The SMILES string of the molecule is COc1cc(C(C)NC(=O)NCCC(=O)O)cc(OC)c1OC. The maximum atomic E-state index is 11.7. The van der Waals surface area contributed by atoms with Gasteiger partial charge in [0.25, 0.3) is 0 Å². The van der Waals surface area contributed by atoms with E-state index in [1.807, 2.05) is 0 Å². The van der Waals surface area contributed by atoms with Gasteiger partial charge in [-0.3, -0.25) is 4.79 Å². The summed E-state index contributed by atoms with van der Waals surface area (Å²) in [6.07, 6.45) is -0.133. The van der Waals surface area contributed by atoms with Gasteiger partial charge in [-0.1, -0.05) is 0 Å². The molecule has 0 spiro atoms. The van der Waals surface area contributed by atoms with Crippen molar-refractivity contribution in [2.75, 3.05) is 27.9 Å². The van der Waals surface area contributed by atoms with Crippen LogP contribution >= 0.6 is 0 Å². The summed E-state index contributed by atoms with van der Waals surface area (Å²) in [6.45, 7) is 1.85. The summed E-state index contributed by atoms with van der Waals surface area (Å²) in [5.74, 6) is 0.475. The van der Waals surface area contributed by atoms with Gasteiger partial charge in [0.05, 0.1) is 33.8 Å². The second kappa shape index (κ2) is 8.72. The molecular formula is C15H22N2O6. The van der Waals surface area contributed by atoms with Crippen LogP contribution < -0.4 is 24.8 Å². The quantitative estimate of drug-likeness (QED) is 0.669. The van der Waals surface area contributed by atoms with E-state index in [1.165, 1.54) is 21.3 Å². The number of aliphatic carboxylic acids is 1. The zero-order valence-corrected chi connectivity index (χ0v) is 13.6. The molecule has 2 amide bonds. The Bertz CT molecular complexity index is 536. The minimum atomic E-state index is -0.969. The van der Waals surface area contributed by atoms with Gasteiger partial charge in [0.1, 0.15) is 0 Å². The van der Waals surface area contributed by atoms with Gasteiger partial charge < -0.3 is 30.0 Å². The van der Waals surface area contributed by atoms with E-state index < -0.39 is 12.0 Å². The maximum Gasteiger partial charge on any atom is 0.315 e. The van der Waals surface area contributed by atoms with Gasteiger partial charge in [-0.25, -0.2) is 4.79 Å². The number of urea groups is 1. The average Bonchev–Trinajstić information content (AvgIpc) is 2.52. The Morgan fingerprint density at radius 3 is 2.13 bits per heavy atom. The highest BCUT2D eigenvalue weighted by Crippen LogP contribution is 2.39. The number of carboxylic acid groups (broad SMARTS) is 1. The zero-order chi connectivity index (χ0) is 17.4. The van der Waals surface area contributed by atoms with Gasteiger partial charge in [-0.2, -0.15) is 0 Å². The molecule has 23 heavy (non-hydrogen) atoms. The Labute approximate surface area is 134 Å². The molecule has 0 bridgehead atoms. The van der Waals surface area contributed by atoms with Crippen molar-refractivity contribution in [3.8, 4) is 17.2 Å². The Morgan fingerprint density at radius 2 is 1.70 bits per heavy atom. The number of methoxy groups -OCH3 is 3. The molecule has 0 saturated heterocycles. The predicted molar refractivity (Wildman–Crippen MR) is 83.3 cm³/mol. The molecule has 0 fully saturated rings. The van der Waals surface area contributed by atoms with Gasteiger partial charge in [-0.15, -0.1) is 0 Å². The lowest BCUT2D eigenvalue weighted by Gasteiger charge is -2.19. The van der Waals surface area contributed by atoms with Crippen LogP contribution in [0.3, 0.4) is 0 Å². The molecule has 0 heterocycles. The number of amides is 2. The molecule has 128 valence electrons. The molecule has 0 aliphatic heterocycles. The van der Waals surface area contributed by atoms with E-state index in [-0.39, 0.29) is 19.0 Å². The second-order valence-corrected chi connectivity index (χ2v) is 4.72. The molecule has 0 aliphatic rings. The first-order valence-electron chi connectivity index (χ1n) is 6.99. The van der Waals surface area contributed by atoms with Gasteiger partial charge in [0.2, 0.25) is 5.75 Å². The van der Waals surface area contributed by atoms with Crippen LogP contribution in [0.4, 0.5) is 4.79 Å². The van der Waals surface area contributed by atoms with Gasteiger partial charge >= 0.3 is 12.0 Å². The van der Waals surface area contributed by atoms with E-state index in [1.54, 1.807) is 19.1 Å². The van der Waals surface area contributed by atoms with Crippen molar-refractivity contribution in [3.05, 3.63) is 17.7 Å². The Hall–Kier alpha value is -2.64. The molecule has 3 N–H and O–H groups in total. The number of hydrogen-bond donors (Lipinski definition) is 3. The van der Waals surface area contributed by atoms with Crippen molar-refractivity contribution < 1.29 is 28.9 Å². The normalized spacial score (nSPS) is 11.3. The van der Waals surface area contributed by atoms with Gasteiger partial charge in [0.15, 0.2) is 11.5 Å². The molecule has 0 radical (unpaired) electrons. The number of carbonyl (C=O) groups is 2. The first-order valence-corrected chi connectivity index (χ1v) is 6.99. The minimum absolute atomic E-state index is 0.0587. The maximum absolute atomic E-state index is 11.7. The van der Waals surface area contributed by atoms with E-state index in [0.717, 1.165) is 5.56 Å². The smallest absolute Gasteiger partial charge is 0.315 e. The second-order valence-electron chi connectivity index (χ2n) is 4.72. The molecule has 1 unspecified atom stereocenters. The van der Waals surface area contributed by atoms with E-state index in [2.05, 4.69) is 10.6 Å². The fourth-order valence-electron chi connectivity index (χ4n) is 1.97. The average molecular weight is 326 g/mol. The predicted octanol–water partition coefficient (Wildman–Crippen LogP) is 1.55. The number of carbonyl (C=O) groups excluding carboxylic acids is 1. The Kier molecular flexibility index (Phi) is 6.98. The fraction of sp³-hybridized carbons (Fsp3) is 0.467. The van der Waals surface area contributed by atoms with Crippen molar-refractivity contribution in [1.29, 1.82) is 0 Å². The number of carboxylic acids is 1. The number of hydrogen-bond acceptors (Lipinski definition) is 5. The summed E-state index contributed by atoms with van der Waals surface area (Å²) in [4.78, 5) is 22.2. The van der Waals surface area contributed by atoms with Crippen LogP contribution in [0.1, 0.15) is 24.9 Å². The molecule has 1 atom stereocenters. The van der Waals surface area contributed by atoms with Crippen molar-refractivity contribution in [2.24, 2.45) is 0 Å². The molecule has 1 aromatic carbocycles. The van der Waals surface area contributed by atoms with Crippen molar-refractivity contribution in [1.82, 2.24) is 10.6 Å². The standard InChI is InChI=1S/C15H22N2O6/c1-9(17-15(20)16-6-5-13(18)19)10-7-11(21-2)14(23-4)12(8-10)22-3/h7-9H,5-6H2,1-4H3,(H,18,19)(H2,16,17,20). The van der Waals surface area contributed by atoms with E-state index in [0.29, 0.717) is 17.2 Å². The molecule has 0 aromatic heterocycles. The van der Waals surface area contributed by atoms with E-state index in [9.17, 15) is 9.59 Å². The van der Waals surface area contributed by atoms with Gasteiger partial charge in [-0.05, 0) is 24.6 Å². The summed E-state index contributed by atoms with van der Waals surface area (Å²) in [5.41, 5.74) is 0.757.